The van der Waals surface area contributed by atoms with Crippen LogP contribution in [0.2, 0.25) is 0 Å². The smallest absolute Gasteiger partial charge is 0.224 e. The topological polar surface area (TPSA) is 67.1 Å². The third kappa shape index (κ3) is 3.15. The van der Waals surface area contributed by atoms with Crippen molar-refractivity contribution in [1.29, 1.82) is 0 Å². The van der Waals surface area contributed by atoms with E-state index in [4.69, 9.17) is 4.84 Å². The molecule has 0 unspecified atom stereocenters. The normalized spacial score (nSPS) is 18.5. The molecule has 0 amide bonds. The summed E-state index contributed by atoms with van der Waals surface area (Å²) in [7, 11) is 1.40. The maximum atomic E-state index is 14.9. The van der Waals surface area contributed by atoms with Gasteiger partial charge in [-0.2, -0.15) is 0 Å². The first kappa shape index (κ1) is 20.6. The molecule has 1 atom stereocenters. The third-order valence-electron chi connectivity index (χ3n) is 5.79. The highest BCUT2D eigenvalue weighted by Gasteiger charge is 2.36. The highest BCUT2D eigenvalue weighted by molar-refractivity contribution is 7.98. The maximum Gasteiger partial charge on any atom is 0.224 e. The van der Waals surface area contributed by atoms with Crippen LogP contribution in [0.3, 0.4) is 0 Å². The number of nitrogens with zero attached hydrogens (tertiary/aromatic N) is 3. The summed E-state index contributed by atoms with van der Waals surface area (Å²) in [6.45, 7) is 0.444. The van der Waals surface area contributed by atoms with Crippen LogP contribution in [0.15, 0.2) is 63.5 Å². The van der Waals surface area contributed by atoms with Crippen molar-refractivity contribution in [3.63, 3.8) is 0 Å². The molecule has 0 aliphatic carbocycles. The fraction of sp³-hybridized carbons (Fsp3) is 0.217. The first-order valence-electron chi connectivity index (χ1n) is 10.0. The molecule has 0 spiro atoms. The molecule has 164 valence electrons. The Balaban J connectivity index is 1.78. The highest BCUT2D eigenvalue weighted by atomic mass is 32.2. The van der Waals surface area contributed by atoms with Gasteiger partial charge >= 0.3 is 0 Å². The van der Waals surface area contributed by atoms with Crippen molar-refractivity contribution < 1.29 is 18.7 Å². The van der Waals surface area contributed by atoms with Gasteiger partial charge in [0.1, 0.15) is 18.5 Å². The van der Waals surface area contributed by atoms with E-state index in [1.165, 1.54) is 24.9 Å². The van der Waals surface area contributed by atoms with Crippen LogP contribution in [0.1, 0.15) is 34.8 Å². The SMILES string of the molecule is CO/N=C1\CCN([C@@H]2c3ccccc3SCc3c2ccc(F)c3F)n2ccc(=O)c(O)c21. The van der Waals surface area contributed by atoms with Crippen molar-refractivity contribution in [2.45, 2.75) is 23.1 Å². The molecular weight excluding hydrogens is 436 g/mol. The Kier molecular flexibility index (Phi) is 5.13. The Morgan fingerprint density at radius 2 is 1.97 bits per heavy atom. The monoisotopic (exact) mass is 455 g/mol. The van der Waals surface area contributed by atoms with E-state index in [2.05, 4.69) is 5.16 Å². The van der Waals surface area contributed by atoms with Gasteiger partial charge in [-0.05, 0) is 23.3 Å². The minimum atomic E-state index is -0.885. The first-order valence-corrected chi connectivity index (χ1v) is 11.0. The summed E-state index contributed by atoms with van der Waals surface area (Å²) in [5.41, 5.74) is 1.99. The van der Waals surface area contributed by atoms with Crippen LogP contribution in [0, 0.1) is 11.6 Å². The van der Waals surface area contributed by atoms with Crippen LogP contribution in [0.25, 0.3) is 0 Å². The first-order chi connectivity index (χ1) is 15.5. The lowest BCUT2D eigenvalue weighted by Gasteiger charge is -2.40. The fourth-order valence-corrected chi connectivity index (χ4v) is 5.50. The lowest BCUT2D eigenvalue weighted by atomic mass is 9.93. The number of aromatic hydroxyl groups is 1. The van der Waals surface area contributed by atoms with E-state index in [9.17, 15) is 18.7 Å². The van der Waals surface area contributed by atoms with Crippen LogP contribution in [-0.4, -0.2) is 29.1 Å². The van der Waals surface area contributed by atoms with Crippen LogP contribution in [0.4, 0.5) is 8.78 Å². The summed E-state index contributed by atoms with van der Waals surface area (Å²) >= 11 is 1.45. The standard InChI is InChI=1S/C23H19F2N3O3S/c1-31-26-17-8-10-27(28-11-9-18(29)23(30)22(17)28)21-13-6-7-16(24)20(25)15(13)12-32-19-5-3-2-4-14(19)21/h2-7,9,11,21,30H,8,10,12H2,1H3/b26-17+/t21-/m0/s1. The van der Waals surface area contributed by atoms with Gasteiger partial charge in [0.15, 0.2) is 17.4 Å². The Bertz CT molecular complexity index is 1310. The van der Waals surface area contributed by atoms with Gasteiger partial charge in [-0.15, -0.1) is 11.8 Å². The summed E-state index contributed by atoms with van der Waals surface area (Å²) in [4.78, 5) is 18.1. The van der Waals surface area contributed by atoms with Crippen LogP contribution >= 0.6 is 11.8 Å². The van der Waals surface area contributed by atoms with Gasteiger partial charge in [0.25, 0.3) is 0 Å². The summed E-state index contributed by atoms with van der Waals surface area (Å²) in [6.07, 6.45) is 1.94. The van der Waals surface area contributed by atoms with E-state index in [0.29, 0.717) is 35.6 Å². The molecule has 3 heterocycles. The molecule has 0 saturated heterocycles. The van der Waals surface area contributed by atoms with E-state index < -0.39 is 28.9 Å². The minimum absolute atomic E-state index is 0.226. The lowest BCUT2D eigenvalue weighted by Crippen LogP contribution is -2.47. The lowest BCUT2D eigenvalue weighted by molar-refractivity contribution is 0.212. The number of halogens is 2. The number of hydrogen-bond acceptors (Lipinski definition) is 6. The summed E-state index contributed by atoms with van der Waals surface area (Å²) in [6, 6.07) is 11.3. The number of pyridine rings is 1. The molecular formula is C23H19F2N3O3S. The Morgan fingerprint density at radius 3 is 2.78 bits per heavy atom. The minimum Gasteiger partial charge on any atom is -0.503 e. The van der Waals surface area contributed by atoms with Gasteiger partial charge in [0.05, 0.1) is 6.04 Å². The van der Waals surface area contributed by atoms with Crippen LogP contribution < -0.4 is 10.4 Å². The van der Waals surface area contributed by atoms with E-state index in [1.54, 1.807) is 16.9 Å². The molecule has 2 aliphatic rings. The number of benzene rings is 2. The number of rotatable bonds is 2. The molecule has 0 bridgehead atoms. The Labute approximate surface area is 186 Å². The number of fused-ring (bicyclic) bond motifs is 3. The van der Waals surface area contributed by atoms with E-state index in [0.717, 1.165) is 16.5 Å². The highest BCUT2D eigenvalue weighted by Crippen LogP contribution is 2.43. The molecule has 2 aromatic carbocycles. The molecule has 2 aliphatic heterocycles. The number of aromatic nitrogens is 1. The van der Waals surface area contributed by atoms with Crippen molar-refractivity contribution in [2.24, 2.45) is 5.16 Å². The summed E-state index contributed by atoms with van der Waals surface area (Å²) in [5, 5.41) is 16.5. The average Bonchev–Trinajstić information content (AvgIpc) is 2.96. The van der Waals surface area contributed by atoms with Gasteiger partial charge in [-0.3, -0.25) is 9.47 Å². The molecule has 1 aromatic heterocycles. The van der Waals surface area contributed by atoms with Crippen molar-refractivity contribution in [3.8, 4) is 5.75 Å². The quantitative estimate of drug-likeness (QED) is 0.594. The van der Waals surface area contributed by atoms with Crippen molar-refractivity contribution in [1.82, 2.24) is 4.68 Å². The maximum absolute atomic E-state index is 14.9. The number of thioether (sulfide) groups is 1. The zero-order valence-electron chi connectivity index (χ0n) is 17.1. The second-order valence-electron chi connectivity index (χ2n) is 7.51. The molecule has 0 saturated carbocycles. The molecule has 1 N–H and O–H groups in total. The van der Waals surface area contributed by atoms with E-state index in [1.807, 2.05) is 29.3 Å². The molecule has 32 heavy (non-hydrogen) atoms. The average molecular weight is 455 g/mol. The van der Waals surface area contributed by atoms with Gasteiger partial charge in [0.2, 0.25) is 5.43 Å². The van der Waals surface area contributed by atoms with Crippen LogP contribution in [0.5, 0.6) is 5.75 Å². The second-order valence-corrected chi connectivity index (χ2v) is 8.53. The Hall–Kier alpha value is -3.33. The third-order valence-corrected chi connectivity index (χ3v) is 6.91. The van der Waals surface area contributed by atoms with Gasteiger partial charge < -0.3 is 15.0 Å². The largest absolute Gasteiger partial charge is 0.503 e. The van der Waals surface area contributed by atoms with Crippen LogP contribution in [-0.2, 0) is 10.6 Å². The van der Waals surface area contributed by atoms with Gasteiger partial charge in [-0.25, -0.2) is 8.78 Å². The molecule has 6 nitrogen and oxygen atoms in total. The molecule has 5 rings (SSSR count). The molecule has 0 fully saturated rings. The zero-order chi connectivity index (χ0) is 22.4. The number of oxime groups is 1. The van der Waals surface area contributed by atoms with Crippen molar-refractivity contribution in [2.75, 3.05) is 18.7 Å². The predicted molar refractivity (Wildman–Crippen MR) is 118 cm³/mol. The van der Waals surface area contributed by atoms with Gasteiger partial charge in [0, 0.05) is 41.4 Å². The number of hydrogen-bond donors (Lipinski definition) is 1. The predicted octanol–water partition coefficient (Wildman–Crippen LogP) is 3.92. The summed E-state index contributed by atoms with van der Waals surface area (Å²) < 4.78 is 30.6. The molecule has 9 heteroatoms. The van der Waals surface area contributed by atoms with E-state index >= 15 is 0 Å². The molecule has 0 radical (unpaired) electrons. The second kappa shape index (κ2) is 7.98. The van der Waals surface area contributed by atoms with Crippen molar-refractivity contribution >= 4 is 17.5 Å². The Morgan fingerprint density at radius 1 is 1.16 bits per heavy atom. The van der Waals surface area contributed by atoms with E-state index in [-0.39, 0.29) is 5.69 Å². The van der Waals surface area contributed by atoms with Gasteiger partial charge in [-0.1, -0.05) is 29.4 Å². The zero-order valence-corrected chi connectivity index (χ0v) is 17.9. The molecule has 3 aromatic rings. The fourth-order valence-electron chi connectivity index (χ4n) is 4.39. The summed E-state index contributed by atoms with van der Waals surface area (Å²) in [5.74, 6) is -1.88. The van der Waals surface area contributed by atoms with Crippen molar-refractivity contribution in [3.05, 3.63) is 92.9 Å².